The molecule has 0 saturated heterocycles. The molecular weight excluding hydrogens is 242 g/mol. The fourth-order valence-corrected chi connectivity index (χ4v) is 2.15. The Morgan fingerprint density at radius 2 is 2.18 bits per heavy atom. The van der Waals surface area contributed by atoms with Crippen molar-refractivity contribution in [2.75, 3.05) is 7.11 Å². The van der Waals surface area contributed by atoms with Crippen LogP contribution in [0, 0.1) is 0 Å². The molecule has 2 aromatic heterocycles. The summed E-state index contributed by atoms with van der Waals surface area (Å²) < 4.78 is 4.98. The van der Waals surface area contributed by atoms with E-state index in [0.717, 1.165) is 0 Å². The minimum Gasteiger partial charge on any atom is -0.496 e. The van der Waals surface area contributed by atoms with Crippen LogP contribution >= 0.6 is 11.3 Å². The Bertz CT molecular complexity index is 570. The monoisotopic (exact) mass is 251 g/mol. The van der Waals surface area contributed by atoms with Crippen LogP contribution in [0.1, 0.15) is 25.7 Å². The van der Waals surface area contributed by atoms with Crippen molar-refractivity contribution in [2.45, 2.75) is 0 Å². The lowest BCUT2D eigenvalue weighted by Crippen LogP contribution is -1.97. The van der Waals surface area contributed by atoms with E-state index in [1.807, 2.05) is 0 Å². The molecule has 0 unspecified atom stereocenters. The summed E-state index contributed by atoms with van der Waals surface area (Å²) in [5, 5.41) is 10.5. The minimum absolute atomic E-state index is 0.00290. The summed E-state index contributed by atoms with van der Waals surface area (Å²) in [5.41, 5.74) is 0.323. The number of ether oxygens (including phenoxy) is 1. The first-order chi connectivity index (χ1) is 8.11. The summed E-state index contributed by atoms with van der Waals surface area (Å²) in [7, 11) is 1.52. The van der Waals surface area contributed by atoms with Crippen molar-refractivity contribution in [1.29, 1.82) is 0 Å². The average Bonchev–Trinajstić information content (AvgIpc) is 2.97. The number of carbonyl (C=O) groups excluding carboxylic acids is 1. The van der Waals surface area contributed by atoms with Gasteiger partial charge in [-0.1, -0.05) is 0 Å². The number of methoxy groups -OCH3 is 1. The third-order valence-electron chi connectivity index (χ3n) is 2.21. The van der Waals surface area contributed by atoms with Gasteiger partial charge in [0, 0.05) is 23.2 Å². The van der Waals surface area contributed by atoms with Crippen LogP contribution in [-0.4, -0.2) is 29.0 Å². The molecule has 0 bridgehead atoms. The molecule has 88 valence electrons. The minimum atomic E-state index is -1.09. The van der Waals surface area contributed by atoms with Gasteiger partial charge in [-0.15, -0.1) is 11.3 Å². The fraction of sp³-hybridized carbons (Fsp3) is 0.0909. The molecule has 6 heteroatoms. The van der Waals surface area contributed by atoms with Crippen LogP contribution in [-0.2, 0) is 0 Å². The number of carbonyl (C=O) groups is 2. The van der Waals surface area contributed by atoms with Crippen molar-refractivity contribution in [3.05, 3.63) is 39.8 Å². The lowest BCUT2D eigenvalue weighted by atomic mass is 10.2. The molecule has 0 aliphatic carbocycles. The molecule has 2 heterocycles. The maximum Gasteiger partial charge on any atom is 0.352 e. The first-order valence-corrected chi connectivity index (χ1v) is 5.58. The van der Waals surface area contributed by atoms with Gasteiger partial charge in [0.2, 0.25) is 5.78 Å². The molecule has 0 radical (unpaired) electrons. The second-order valence-electron chi connectivity index (χ2n) is 3.29. The molecule has 0 aromatic carbocycles. The van der Waals surface area contributed by atoms with Crippen LogP contribution in [0.2, 0.25) is 0 Å². The Morgan fingerprint density at radius 1 is 1.41 bits per heavy atom. The van der Waals surface area contributed by atoms with Gasteiger partial charge < -0.3 is 14.8 Å². The van der Waals surface area contributed by atoms with E-state index < -0.39 is 5.97 Å². The number of carboxylic acid groups (broad SMARTS) is 1. The highest BCUT2D eigenvalue weighted by molar-refractivity contribution is 7.12. The smallest absolute Gasteiger partial charge is 0.352 e. The third-order valence-corrected chi connectivity index (χ3v) is 3.12. The highest BCUT2D eigenvalue weighted by Gasteiger charge is 2.15. The predicted molar refractivity (Wildman–Crippen MR) is 62.1 cm³/mol. The second kappa shape index (κ2) is 4.42. The normalized spacial score (nSPS) is 10.2. The number of thiophene rings is 1. The molecule has 2 aromatic rings. The Hall–Kier alpha value is -2.08. The van der Waals surface area contributed by atoms with Crippen molar-refractivity contribution in [3.8, 4) is 5.75 Å². The third kappa shape index (κ3) is 2.21. The molecule has 0 aliphatic heterocycles. The number of aromatic carboxylic acids is 1. The Kier molecular flexibility index (Phi) is 2.97. The molecule has 2 rings (SSSR count). The van der Waals surface area contributed by atoms with Gasteiger partial charge in [-0.2, -0.15) is 0 Å². The summed E-state index contributed by atoms with van der Waals surface area (Å²) in [6.07, 6.45) is 1.39. The van der Waals surface area contributed by atoms with E-state index in [2.05, 4.69) is 4.98 Å². The Labute approximate surface area is 101 Å². The van der Waals surface area contributed by atoms with Gasteiger partial charge in [0.15, 0.2) is 0 Å². The van der Waals surface area contributed by atoms with Crippen LogP contribution in [0.25, 0.3) is 0 Å². The van der Waals surface area contributed by atoms with Crippen LogP contribution in [0.3, 0.4) is 0 Å². The van der Waals surface area contributed by atoms with Crippen LogP contribution in [0.5, 0.6) is 5.75 Å². The molecule has 0 aliphatic rings. The topological polar surface area (TPSA) is 79.4 Å². The molecule has 0 atom stereocenters. The Balaban J connectivity index is 2.27. The van der Waals surface area contributed by atoms with E-state index in [9.17, 15) is 9.59 Å². The zero-order chi connectivity index (χ0) is 12.4. The molecule has 0 amide bonds. The van der Waals surface area contributed by atoms with Gasteiger partial charge in [0.25, 0.3) is 0 Å². The van der Waals surface area contributed by atoms with Gasteiger partial charge in [0.1, 0.15) is 11.4 Å². The molecule has 2 N–H and O–H groups in total. The van der Waals surface area contributed by atoms with Crippen molar-refractivity contribution in [3.63, 3.8) is 0 Å². The van der Waals surface area contributed by atoms with E-state index in [4.69, 9.17) is 9.84 Å². The summed E-state index contributed by atoms with van der Waals surface area (Å²) in [6.45, 7) is 0. The number of carboxylic acids is 1. The van der Waals surface area contributed by atoms with Crippen molar-refractivity contribution < 1.29 is 19.4 Å². The zero-order valence-electron chi connectivity index (χ0n) is 8.89. The predicted octanol–water partition coefficient (Wildman–Crippen LogP) is 2.01. The molecule has 0 spiro atoms. The van der Waals surface area contributed by atoms with E-state index in [0.29, 0.717) is 16.2 Å². The maximum atomic E-state index is 12.0. The van der Waals surface area contributed by atoms with Gasteiger partial charge in [-0.05, 0) is 6.07 Å². The van der Waals surface area contributed by atoms with Crippen LogP contribution in [0.4, 0.5) is 0 Å². The molecule has 17 heavy (non-hydrogen) atoms. The molecular formula is C11H9NO4S. The number of aromatic amines is 1. The van der Waals surface area contributed by atoms with Crippen LogP contribution in [0.15, 0.2) is 23.7 Å². The molecule has 5 nitrogen and oxygen atoms in total. The lowest BCUT2D eigenvalue weighted by molar-refractivity contribution is 0.0691. The highest BCUT2D eigenvalue weighted by Crippen LogP contribution is 2.23. The van der Waals surface area contributed by atoms with E-state index in [-0.39, 0.29) is 11.5 Å². The SMILES string of the molecule is COc1csc(C(=O)c2c[nH]c(C(=O)O)c2)c1. The Morgan fingerprint density at radius 3 is 2.71 bits per heavy atom. The molecule has 0 saturated carbocycles. The van der Waals surface area contributed by atoms with Crippen molar-refractivity contribution in [1.82, 2.24) is 4.98 Å². The average molecular weight is 251 g/mol. The number of ketones is 1. The number of nitrogens with one attached hydrogen (secondary N) is 1. The standard InChI is InChI=1S/C11H9NO4S/c1-16-7-3-9(17-5-7)10(13)6-2-8(11(14)15)12-4-6/h2-5,12H,1H3,(H,14,15). The number of hydrogen-bond donors (Lipinski definition) is 2. The van der Waals surface area contributed by atoms with Crippen molar-refractivity contribution in [2.24, 2.45) is 0 Å². The quantitative estimate of drug-likeness (QED) is 0.815. The summed E-state index contributed by atoms with van der Waals surface area (Å²) in [5.74, 6) is -0.692. The highest BCUT2D eigenvalue weighted by atomic mass is 32.1. The molecule has 0 fully saturated rings. The van der Waals surface area contributed by atoms with Crippen LogP contribution < -0.4 is 4.74 Å². The number of hydrogen-bond acceptors (Lipinski definition) is 4. The lowest BCUT2D eigenvalue weighted by Gasteiger charge is -1.92. The van der Waals surface area contributed by atoms with Gasteiger partial charge >= 0.3 is 5.97 Å². The number of H-pyrrole nitrogens is 1. The first kappa shape index (κ1) is 11.4. The van der Waals surface area contributed by atoms with E-state index >= 15 is 0 Å². The zero-order valence-corrected chi connectivity index (χ0v) is 9.71. The van der Waals surface area contributed by atoms with Gasteiger partial charge in [0.05, 0.1) is 12.0 Å². The van der Waals surface area contributed by atoms with Crippen molar-refractivity contribution >= 4 is 23.1 Å². The summed E-state index contributed by atoms with van der Waals surface area (Å²) in [6, 6.07) is 2.94. The largest absolute Gasteiger partial charge is 0.496 e. The van der Waals surface area contributed by atoms with Gasteiger partial charge in [-0.3, -0.25) is 4.79 Å². The second-order valence-corrected chi connectivity index (χ2v) is 4.20. The fourth-order valence-electron chi connectivity index (χ4n) is 1.34. The number of rotatable bonds is 4. The maximum absolute atomic E-state index is 12.0. The first-order valence-electron chi connectivity index (χ1n) is 4.70. The summed E-state index contributed by atoms with van der Waals surface area (Å²) >= 11 is 1.26. The van der Waals surface area contributed by atoms with Gasteiger partial charge in [-0.25, -0.2) is 4.79 Å². The number of aromatic nitrogens is 1. The van der Waals surface area contributed by atoms with E-state index in [1.54, 1.807) is 11.4 Å². The summed E-state index contributed by atoms with van der Waals surface area (Å²) in [4.78, 5) is 25.7. The van der Waals surface area contributed by atoms with E-state index in [1.165, 1.54) is 30.7 Å².